The maximum atomic E-state index is 13.5. The molecule has 0 bridgehead atoms. The maximum absolute atomic E-state index is 13.5. The number of anilines is 1. The van der Waals surface area contributed by atoms with Crippen molar-refractivity contribution >= 4 is 21.8 Å². The molecular formula is C20H20F3N3O4S. The van der Waals surface area contributed by atoms with Crippen molar-refractivity contribution in [1.82, 2.24) is 9.29 Å². The Bertz CT molecular complexity index is 1100. The van der Waals surface area contributed by atoms with Crippen molar-refractivity contribution in [3.05, 3.63) is 59.3 Å². The molecule has 1 aliphatic heterocycles. The Balaban J connectivity index is 1.55. The van der Waals surface area contributed by atoms with Gasteiger partial charge in [0.05, 0.1) is 5.56 Å². The van der Waals surface area contributed by atoms with Crippen molar-refractivity contribution < 1.29 is 31.5 Å². The first-order valence-corrected chi connectivity index (χ1v) is 11.1. The van der Waals surface area contributed by atoms with Crippen LogP contribution in [-0.2, 0) is 32.2 Å². The first kappa shape index (κ1) is 21.6. The molecule has 1 fully saturated rings. The lowest BCUT2D eigenvalue weighted by atomic mass is 10.0. The SMILES string of the molecule is O=C(O)C1(S(=O)(=O)N2CCN(c3ccc(C(F)(F)F)cn3)CC2)CCc2ccccc21. The Labute approximate surface area is 177 Å². The first-order valence-electron chi connectivity index (χ1n) is 9.67. The summed E-state index contributed by atoms with van der Waals surface area (Å²) in [5.74, 6) is -1.09. The second kappa shape index (κ2) is 7.49. The van der Waals surface area contributed by atoms with Crippen LogP contribution in [-0.4, -0.2) is 55.0 Å². The number of fused-ring (bicyclic) bond motifs is 1. The summed E-state index contributed by atoms with van der Waals surface area (Å²) in [6.07, 6.45) is -3.42. The fourth-order valence-electron chi connectivity index (χ4n) is 4.30. The van der Waals surface area contributed by atoms with Gasteiger partial charge in [-0.1, -0.05) is 24.3 Å². The molecule has 2 aliphatic rings. The Morgan fingerprint density at radius 1 is 1.06 bits per heavy atom. The highest BCUT2D eigenvalue weighted by atomic mass is 32.2. The summed E-state index contributed by atoms with van der Waals surface area (Å²) >= 11 is 0. The zero-order chi connectivity index (χ0) is 22.4. The van der Waals surface area contributed by atoms with Crippen LogP contribution >= 0.6 is 0 Å². The number of aliphatic carboxylic acids is 1. The van der Waals surface area contributed by atoms with E-state index in [-0.39, 0.29) is 32.6 Å². The molecule has 31 heavy (non-hydrogen) atoms. The van der Waals surface area contributed by atoms with Crippen LogP contribution < -0.4 is 4.90 Å². The summed E-state index contributed by atoms with van der Waals surface area (Å²) in [5, 5.41) is 9.98. The number of aryl methyl sites for hydroxylation is 1. The minimum Gasteiger partial charge on any atom is -0.480 e. The van der Waals surface area contributed by atoms with Crippen molar-refractivity contribution in [2.45, 2.75) is 23.8 Å². The number of carboxylic acids is 1. The van der Waals surface area contributed by atoms with Gasteiger partial charge in [0.25, 0.3) is 0 Å². The molecule has 11 heteroatoms. The number of rotatable bonds is 4. The average Bonchev–Trinajstić information content (AvgIpc) is 3.15. The average molecular weight is 455 g/mol. The number of hydrogen-bond donors (Lipinski definition) is 1. The first-order chi connectivity index (χ1) is 14.6. The summed E-state index contributed by atoms with van der Waals surface area (Å²) in [5.41, 5.74) is 0.149. The summed E-state index contributed by atoms with van der Waals surface area (Å²) in [4.78, 5) is 17.8. The van der Waals surface area contributed by atoms with Crippen molar-refractivity contribution in [2.24, 2.45) is 0 Å². The molecule has 4 rings (SSSR count). The number of alkyl halides is 3. The van der Waals surface area contributed by atoms with E-state index < -0.39 is 32.5 Å². The molecule has 0 amide bonds. The van der Waals surface area contributed by atoms with E-state index in [2.05, 4.69) is 4.98 Å². The molecule has 2 heterocycles. The summed E-state index contributed by atoms with van der Waals surface area (Å²) < 4.78 is 64.3. The van der Waals surface area contributed by atoms with Gasteiger partial charge < -0.3 is 10.0 Å². The molecule has 1 atom stereocenters. The molecule has 1 aliphatic carbocycles. The number of aromatic nitrogens is 1. The molecule has 0 spiro atoms. The number of carboxylic acid groups (broad SMARTS) is 1. The third kappa shape index (κ3) is 3.45. The highest BCUT2D eigenvalue weighted by Crippen LogP contribution is 2.45. The second-order valence-corrected chi connectivity index (χ2v) is 9.75. The van der Waals surface area contributed by atoms with Gasteiger partial charge in [0.1, 0.15) is 5.82 Å². The smallest absolute Gasteiger partial charge is 0.417 e. The lowest BCUT2D eigenvalue weighted by molar-refractivity contribution is -0.140. The Morgan fingerprint density at radius 2 is 1.74 bits per heavy atom. The molecule has 2 aromatic rings. The van der Waals surface area contributed by atoms with Gasteiger partial charge in [-0.3, -0.25) is 4.79 Å². The molecular weight excluding hydrogens is 435 g/mol. The van der Waals surface area contributed by atoms with E-state index in [0.717, 1.165) is 12.3 Å². The molecule has 1 aromatic carbocycles. The van der Waals surface area contributed by atoms with Crippen LogP contribution in [0.25, 0.3) is 0 Å². The van der Waals surface area contributed by atoms with E-state index in [1.165, 1.54) is 10.4 Å². The van der Waals surface area contributed by atoms with Crippen LogP contribution in [0.5, 0.6) is 0 Å². The fraction of sp³-hybridized carbons (Fsp3) is 0.400. The minimum atomic E-state index is -4.49. The number of hydrogen-bond acceptors (Lipinski definition) is 5. The normalized spacial score (nSPS) is 22.4. The molecule has 1 aromatic heterocycles. The van der Waals surface area contributed by atoms with E-state index in [0.29, 0.717) is 23.4 Å². The van der Waals surface area contributed by atoms with Gasteiger partial charge in [0.2, 0.25) is 14.8 Å². The molecule has 0 saturated carbocycles. The van der Waals surface area contributed by atoms with E-state index in [1.54, 1.807) is 29.2 Å². The number of sulfonamides is 1. The molecule has 0 radical (unpaired) electrons. The molecule has 166 valence electrons. The van der Waals surface area contributed by atoms with Crippen molar-refractivity contribution in [1.29, 1.82) is 0 Å². The van der Waals surface area contributed by atoms with Crippen LogP contribution in [0.4, 0.5) is 19.0 Å². The molecule has 1 unspecified atom stereocenters. The number of halogens is 3. The van der Waals surface area contributed by atoms with Gasteiger partial charge in [-0.15, -0.1) is 0 Å². The van der Waals surface area contributed by atoms with Crippen LogP contribution in [0.1, 0.15) is 23.1 Å². The van der Waals surface area contributed by atoms with Crippen molar-refractivity contribution in [3.63, 3.8) is 0 Å². The number of benzene rings is 1. The van der Waals surface area contributed by atoms with Crippen LogP contribution in [0, 0.1) is 0 Å². The molecule has 1 saturated heterocycles. The predicted molar refractivity (Wildman–Crippen MR) is 106 cm³/mol. The van der Waals surface area contributed by atoms with E-state index in [9.17, 15) is 31.5 Å². The second-order valence-electron chi connectivity index (χ2n) is 7.58. The third-order valence-electron chi connectivity index (χ3n) is 5.96. The van der Waals surface area contributed by atoms with Gasteiger partial charge in [0, 0.05) is 32.4 Å². The number of pyridine rings is 1. The van der Waals surface area contributed by atoms with Gasteiger partial charge >= 0.3 is 12.1 Å². The molecule has 1 N–H and O–H groups in total. The molecule has 7 nitrogen and oxygen atoms in total. The maximum Gasteiger partial charge on any atom is 0.417 e. The Morgan fingerprint density at radius 3 is 2.32 bits per heavy atom. The van der Waals surface area contributed by atoms with Crippen molar-refractivity contribution in [3.8, 4) is 0 Å². The van der Waals surface area contributed by atoms with Crippen LogP contribution in [0.3, 0.4) is 0 Å². The summed E-state index contributed by atoms with van der Waals surface area (Å²) in [7, 11) is -4.23. The number of carbonyl (C=O) groups is 1. The number of nitrogens with zero attached hydrogens (tertiary/aromatic N) is 3. The van der Waals surface area contributed by atoms with Gasteiger partial charge in [-0.05, 0) is 36.1 Å². The highest BCUT2D eigenvalue weighted by molar-refractivity contribution is 7.90. The largest absolute Gasteiger partial charge is 0.480 e. The predicted octanol–water partition coefficient (Wildman–Crippen LogP) is 2.48. The van der Waals surface area contributed by atoms with Crippen LogP contribution in [0.15, 0.2) is 42.6 Å². The van der Waals surface area contributed by atoms with E-state index >= 15 is 0 Å². The van der Waals surface area contributed by atoms with Gasteiger partial charge in [-0.25, -0.2) is 13.4 Å². The lowest BCUT2D eigenvalue weighted by Crippen LogP contribution is -2.56. The quantitative estimate of drug-likeness (QED) is 0.762. The standard InChI is InChI=1S/C20H20F3N3O4S/c21-20(22,23)15-5-6-17(24-13-15)25-9-11-26(12-10-25)31(29,30)19(18(27)28)8-7-14-3-1-2-4-16(14)19/h1-6,13H,7-12H2,(H,27,28). The van der Waals surface area contributed by atoms with Gasteiger partial charge in [0.15, 0.2) is 0 Å². The Kier molecular flexibility index (Phi) is 5.21. The van der Waals surface area contributed by atoms with Gasteiger partial charge in [-0.2, -0.15) is 17.5 Å². The minimum absolute atomic E-state index is 0.0161. The third-order valence-corrected chi connectivity index (χ3v) is 8.49. The van der Waals surface area contributed by atoms with E-state index in [1.807, 2.05) is 0 Å². The monoisotopic (exact) mass is 455 g/mol. The topological polar surface area (TPSA) is 90.8 Å². The van der Waals surface area contributed by atoms with E-state index in [4.69, 9.17) is 0 Å². The van der Waals surface area contributed by atoms with Crippen molar-refractivity contribution in [2.75, 3.05) is 31.1 Å². The number of piperazine rings is 1. The zero-order valence-corrected chi connectivity index (χ0v) is 17.2. The fourth-order valence-corrected chi connectivity index (χ4v) is 6.44. The Hall–Kier alpha value is -2.66. The lowest BCUT2D eigenvalue weighted by Gasteiger charge is -2.38. The zero-order valence-electron chi connectivity index (χ0n) is 16.3. The summed E-state index contributed by atoms with van der Waals surface area (Å²) in [6.45, 7) is 0.411. The highest BCUT2D eigenvalue weighted by Gasteiger charge is 2.58. The van der Waals surface area contributed by atoms with Crippen LogP contribution in [0.2, 0.25) is 0 Å². The summed E-state index contributed by atoms with van der Waals surface area (Å²) in [6, 6.07) is 8.85.